The monoisotopic (exact) mass is 202 g/mol. The van der Waals surface area contributed by atoms with Gasteiger partial charge in [0.2, 0.25) is 0 Å². The van der Waals surface area contributed by atoms with Crippen LogP contribution in [0.25, 0.3) is 0 Å². The standard InChI is InChI=1S/C10H22N2O2/c1-7(2)9(13)5-6-11-10(14)12-8(3)4/h7-9,13H,5-6H2,1-4H3,(H2,11,12,14). The minimum Gasteiger partial charge on any atom is -0.393 e. The van der Waals surface area contributed by atoms with Crippen LogP contribution in [0, 0.1) is 5.92 Å². The van der Waals surface area contributed by atoms with Crippen LogP contribution in [0.1, 0.15) is 34.1 Å². The first-order chi connectivity index (χ1) is 6.43. The highest BCUT2D eigenvalue weighted by Gasteiger charge is 2.09. The lowest BCUT2D eigenvalue weighted by atomic mass is 10.0. The Morgan fingerprint density at radius 1 is 1.29 bits per heavy atom. The number of aliphatic hydroxyl groups excluding tert-OH is 1. The molecule has 4 heteroatoms. The van der Waals surface area contributed by atoms with Crippen molar-refractivity contribution in [2.24, 2.45) is 5.92 Å². The predicted molar refractivity (Wildman–Crippen MR) is 57.1 cm³/mol. The molecule has 0 fully saturated rings. The third-order valence-electron chi connectivity index (χ3n) is 1.91. The molecule has 14 heavy (non-hydrogen) atoms. The predicted octanol–water partition coefficient (Wildman–Crippen LogP) is 1.10. The van der Waals surface area contributed by atoms with E-state index in [0.29, 0.717) is 13.0 Å². The Labute approximate surface area is 86.1 Å². The molecular weight excluding hydrogens is 180 g/mol. The summed E-state index contributed by atoms with van der Waals surface area (Å²) in [6.07, 6.45) is 0.262. The zero-order chi connectivity index (χ0) is 11.1. The van der Waals surface area contributed by atoms with Crippen molar-refractivity contribution < 1.29 is 9.90 Å². The molecule has 0 bridgehead atoms. The highest BCUT2D eigenvalue weighted by atomic mass is 16.3. The molecule has 0 rings (SSSR count). The first-order valence-electron chi connectivity index (χ1n) is 5.16. The maximum atomic E-state index is 11.1. The molecule has 0 aromatic rings. The fourth-order valence-corrected chi connectivity index (χ4v) is 0.980. The zero-order valence-corrected chi connectivity index (χ0v) is 9.50. The molecule has 0 saturated heterocycles. The van der Waals surface area contributed by atoms with E-state index >= 15 is 0 Å². The van der Waals surface area contributed by atoms with E-state index < -0.39 is 0 Å². The molecular formula is C10H22N2O2. The molecule has 1 atom stereocenters. The fourth-order valence-electron chi connectivity index (χ4n) is 0.980. The average Bonchev–Trinajstić information content (AvgIpc) is 2.02. The van der Waals surface area contributed by atoms with E-state index in [0.717, 1.165) is 0 Å². The summed E-state index contributed by atoms with van der Waals surface area (Å²) in [7, 11) is 0. The number of aliphatic hydroxyl groups is 1. The topological polar surface area (TPSA) is 61.4 Å². The average molecular weight is 202 g/mol. The van der Waals surface area contributed by atoms with Crippen LogP contribution in [-0.4, -0.2) is 29.8 Å². The van der Waals surface area contributed by atoms with Crippen LogP contribution in [0.15, 0.2) is 0 Å². The number of rotatable bonds is 5. The zero-order valence-electron chi connectivity index (χ0n) is 9.50. The normalized spacial score (nSPS) is 13.1. The smallest absolute Gasteiger partial charge is 0.314 e. The molecule has 0 heterocycles. The molecule has 2 amide bonds. The molecule has 84 valence electrons. The van der Waals surface area contributed by atoms with Crippen molar-refractivity contribution in [2.45, 2.75) is 46.3 Å². The Hall–Kier alpha value is -0.770. The molecule has 4 nitrogen and oxygen atoms in total. The van der Waals surface area contributed by atoms with Gasteiger partial charge in [-0.25, -0.2) is 4.79 Å². The SMILES string of the molecule is CC(C)NC(=O)NCCC(O)C(C)C. The minimum atomic E-state index is -0.339. The summed E-state index contributed by atoms with van der Waals surface area (Å²) in [5.41, 5.74) is 0. The number of carbonyl (C=O) groups is 1. The molecule has 0 aromatic heterocycles. The van der Waals surface area contributed by atoms with Crippen molar-refractivity contribution in [3.63, 3.8) is 0 Å². The van der Waals surface area contributed by atoms with E-state index in [4.69, 9.17) is 0 Å². The Bertz CT molecular complexity index is 170. The second kappa shape index (κ2) is 6.65. The number of amides is 2. The van der Waals surface area contributed by atoms with E-state index in [1.54, 1.807) is 0 Å². The van der Waals surface area contributed by atoms with Crippen LogP contribution >= 0.6 is 0 Å². The highest BCUT2D eigenvalue weighted by Crippen LogP contribution is 2.03. The largest absolute Gasteiger partial charge is 0.393 e. The molecule has 0 spiro atoms. The summed E-state index contributed by atoms with van der Waals surface area (Å²) in [5, 5.41) is 14.9. The Kier molecular flexibility index (Phi) is 6.28. The summed E-state index contributed by atoms with van der Waals surface area (Å²) in [6, 6.07) is -0.0269. The molecule has 0 aliphatic carbocycles. The van der Waals surface area contributed by atoms with E-state index in [9.17, 15) is 9.90 Å². The maximum Gasteiger partial charge on any atom is 0.314 e. The third-order valence-corrected chi connectivity index (χ3v) is 1.91. The van der Waals surface area contributed by atoms with E-state index in [-0.39, 0.29) is 24.1 Å². The van der Waals surface area contributed by atoms with Crippen LogP contribution in [-0.2, 0) is 0 Å². The Balaban J connectivity index is 3.49. The van der Waals surface area contributed by atoms with Crippen LogP contribution < -0.4 is 10.6 Å². The van der Waals surface area contributed by atoms with Gasteiger partial charge in [-0.1, -0.05) is 13.8 Å². The molecule has 3 N–H and O–H groups in total. The Morgan fingerprint density at radius 2 is 1.86 bits per heavy atom. The summed E-state index contributed by atoms with van der Waals surface area (Å²) in [6.45, 7) is 8.24. The third kappa shape index (κ3) is 6.71. The van der Waals surface area contributed by atoms with Crippen LogP contribution in [0.5, 0.6) is 0 Å². The van der Waals surface area contributed by atoms with Crippen molar-refractivity contribution >= 4 is 6.03 Å². The van der Waals surface area contributed by atoms with Crippen molar-refractivity contribution in [3.05, 3.63) is 0 Å². The maximum absolute atomic E-state index is 11.1. The highest BCUT2D eigenvalue weighted by molar-refractivity contribution is 5.73. The van der Waals surface area contributed by atoms with Gasteiger partial charge in [-0.05, 0) is 26.2 Å². The second-order valence-corrected chi connectivity index (χ2v) is 4.15. The number of hydrogen-bond acceptors (Lipinski definition) is 2. The van der Waals surface area contributed by atoms with Crippen molar-refractivity contribution in [2.75, 3.05) is 6.54 Å². The van der Waals surface area contributed by atoms with Gasteiger partial charge in [0.1, 0.15) is 0 Å². The summed E-state index contributed by atoms with van der Waals surface area (Å²) in [5.74, 6) is 0.241. The van der Waals surface area contributed by atoms with Gasteiger partial charge in [-0.2, -0.15) is 0 Å². The van der Waals surface area contributed by atoms with Gasteiger partial charge >= 0.3 is 6.03 Å². The van der Waals surface area contributed by atoms with Gasteiger partial charge in [0.25, 0.3) is 0 Å². The molecule has 0 aliphatic rings. The van der Waals surface area contributed by atoms with Crippen LogP contribution in [0.4, 0.5) is 4.79 Å². The van der Waals surface area contributed by atoms with E-state index in [1.165, 1.54) is 0 Å². The van der Waals surface area contributed by atoms with Crippen LogP contribution in [0.3, 0.4) is 0 Å². The first kappa shape index (κ1) is 13.2. The Morgan fingerprint density at radius 3 is 2.29 bits per heavy atom. The lowest BCUT2D eigenvalue weighted by molar-refractivity contribution is 0.116. The minimum absolute atomic E-state index is 0.144. The van der Waals surface area contributed by atoms with Gasteiger partial charge in [-0.15, -0.1) is 0 Å². The summed E-state index contributed by atoms with van der Waals surface area (Å²) >= 11 is 0. The molecule has 0 radical (unpaired) electrons. The van der Waals surface area contributed by atoms with Gasteiger partial charge in [0, 0.05) is 12.6 Å². The van der Waals surface area contributed by atoms with Crippen molar-refractivity contribution in [3.8, 4) is 0 Å². The first-order valence-corrected chi connectivity index (χ1v) is 5.16. The van der Waals surface area contributed by atoms with Crippen LogP contribution in [0.2, 0.25) is 0 Å². The van der Waals surface area contributed by atoms with E-state index in [1.807, 2.05) is 27.7 Å². The van der Waals surface area contributed by atoms with E-state index in [2.05, 4.69) is 10.6 Å². The quantitative estimate of drug-likeness (QED) is 0.625. The van der Waals surface area contributed by atoms with Crippen molar-refractivity contribution in [1.29, 1.82) is 0 Å². The fraction of sp³-hybridized carbons (Fsp3) is 0.900. The second-order valence-electron chi connectivity index (χ2n) is 4.15. The molecule has 1 unspecified atom stereocenters. The van der Waals surface area contributed by atoms with Crippen molar-refractivity contribution in [1.82, 2.24) is 10.6 Å². The number of carbonyl (C=O) groups excluding carboxylic acids is 1. The number of nitrogens with one attached hydrogen (secondary N) is 2. The lowest BCUT2D eigenvalue weighted by Crippen LogP contribution is -2.40. The summed E-state index contributed by atoms with van der Waals surface area (Å²) in [4.78, 5) is 11.1. The lowest BCUT2D eigenvalue weighted by Gasteiger charge is -2.15. The molecule has 0 aromatic carbocycles. The van der Waals surface area contributed by atoms with Gasteiger partial charge in [-0.3, -0.25) is 0 Å². The number of hydrogen-bond donors (Lipinski definition) is 3. The van der Waals surface area contributed by atoms with Gasteiger partial charge in [0.05, 0.1) is 6.10 Å². The van der Waals surface area contributed by atoms with Gasteiger partial charge in [0.15, 0.2) is 0 Å². The molecule has 0 aliphatic heterocycles. The molecule has 0 saturated carbocycles. The summed E-state index contributed by atoms with van der Waals surface area (Å²) < 4.78 is 0. The number of urea groups is 1. The van der Waals surface area contributed by atoms with Gasteiger partial charge < -0.3 is 15.7 Å².